The Labute approximate surface area is 117 Å². The van der Waals surface area contributed by atoms with Gasteiger partial charge in [-0.15, -0.1) is 0 Å². The molecule has 0 spiro atoms. The van der Waals surface area contributed by atoms with Gasteiger partial charge in [0.2, 0.25) is 5.95 Å². The number of nitrogens with zero attached hydrogens (tertiary/aromatic N) is 5. The number of anilines is 1. The number of hydrogen-bond acceptors (Lipinski definition) is 6. The molecular weight excluding hydrogens is 254 g/mol. The van der Waals surface area contributed by atoms with E-state index in [0.29, 0.717) is 6.01 Å². The number of ether oxygens (including phenoxy) is 1. The Morgan fingerprint density at radius 1 is 1.10 bits per heavy atom. The average molecular weight is 271 g/mol. The van der Waals surface area contributed by atoms with Crippen LogP contribution in [0.4, 0.5) is 5.95 Å². The number of piperidine rings is 1. The van der Waals surface area contributed by atoms with E-state index in [4.69, 9.17) is 4.74 Å². The van der Waals surface area contributed by atoms with Gasteiger partial charge in [0, 0.05) is 50.2 Å². The Hall–Kier alpha value is -2.24. The van der Waals surface area contributed by atoms with Crippen LogP contribution in [0, 0.1) is 6.92 Å². The lowest BCUT2D eigenvalue weighted by Gasteiger charge is -2.31. The second-order valence-corrected chi connectivity index (χ2v) is 4.83. The highest BCUT2D eigenvalue weighted by molar-refractivity contribution is 5.30. The Kier molecular flexibility index (Phi) is 3.71. The van der Waals surface area contributed by atoms with Gasteiger partial charge in [0.1, 0.15) is 6.10 Å². The largest absolute Gasteiger partial charge is 0.460 e. The van der Waals surface area contributed by atoms with E-state index in [1.807, 2.05) is 13.0 Å². The van der Waals surface area contributed by atoms with Gasteiger partial charge >= 0.3 is 6.01 Å². The number of hydrogen-bond donors (Lipinski definition) is 0. The van der Waals surface area contributed by atoms with E-state index in [-0.39, 0.29) is 6.10 Å². The van der Waals surface area contributed by atoms with Crippen molar-refractivity contribution in [3.8, 4) is 6.01 Å². The number of aromatic nitrogens is 4. The molecule has 6 heteroatoms. The topological polar surface area (TPSA) is 64.0 Å². The van der Waals surface area contributed by atoms with Crippen LogP contribution in [0.3, 0.4) is 0 Å². The average Bonchev–Trinajstić information content (AvgIpc) is 2.49. The SMILES string of the molecule is Cc1ccnc(N2CCC(Oc3ncccn3)CC2)n1. The molecular formula is C14H17N5O. The maximum absolute atomic E-state index is 5.77. The van der Waals surface area contributed by atoms with Gasteiger partial charge in [0.25, 0.3) is 0 Å². The van der Waals surface area contributed by atoms with Crippen molar-refractivity contribution in [1.29, 1.82) is 0 Å². The fourth-order valence-corrected chi connectivity index (χ4v) is 2.26. The van der Waals surface area contributed by atoms with E-state index in [9.17, 15) is 0 Å². The van der Waals surface area contributed by atoms with Gasteiger partial charge in [-0.1, -0.05) is 0 Å². The van der Waals surface area contributed by atoms with E-state index in [0.717, 1.165) is 37.6 Å². The van der Waals surface area contributed by atoms with Crippen LogP contribution in [-0.2, 0) is 0 Å². The predicted octanol–water partition coefficient (Wildman–Crippen LogP) is 1.62. The van der Waals surface area contributed by atoms with Gasteiger partial charge in [-0.3, -0.25) is 0 Å². The number of rotatable bonds is 3. The fourth-order valence-electron chi connectivity index (χ4n) is 2.26. The molecule has 1 aliphatic rings. The van der Waals surface area contributed by atoms with Crippen LogP contribution in [0.15, 0.2) is 30.7 Å². The van der Waals surface area contributed by atoms with Gasteiger partial charge in [-0.25, -0.2) is 19.9 Å². The Morgan fingerprint density at radius 2 is 1.85 bits per heavy atom. The highest BCUT2D eigenvalue weighted by Gasteiger charge is 2.22. The first kappa shape index (κ1) is 12.8. The van der Waals surface area contributed by atoms with Crippen molar-refractivity contribution >= 4 is 5.95 Å². The fraction of sp³-hybridized carbons (Fsp3) is 0.429. The first-order chi connectivity index (χ1) is 9.81. The van der Waals surface area contributed by atoms with Crippen molar-refractivity contribution in [3.05, 3.63) is 36.4 Å². The lowest BCUT2D eigenvalue weighted by atomic mass is 10.1. The maximum atomic E-state index is 5.77. The van der Waals surface area contributed by atoms with Crippen LogP contribution in [0.5, 0.6) is 6.01 Å². The summed E-state index contributed by atoms with van der Waals surface area (Å²) >= 11 is 0. The molecule has 3 heterocycles. The third-order valence-corrected chi connectivity index (χ3v) is 3.32. The summed E-state index contributed by atoms with van der Waals surface area (Å²) in [4.78, 5) is 19.1. The molecule has 20 heavy (non-hydrogen) atoms. The van der Waals surface area contributed by atoms with E-state index >= 15 is 0 Å². The third kappa shape index (κ3) is 3.01. The van der Waals surface area contributed by atoms with Crippen molar-refractivity contribution in [2.75, 3.05) is 18.0 Å². The number of aryl methyl sites for hydroxylation is 1. The molecule has 6 nitrogen and oxygen atoms in total. The summed E-state index contributed by atoms with van der Waals surface area (Å²) < 4.78 is 5.77. The van der Waals surface area contributed by atoms with Crippen molar-refractivity contribution in [2.45, 2.75) is 25.9 Å². The standard InChI is InChI=1S/C14H17N5O/c1-11-3-8-15-13(18-11)19-9-4-12(5-10-19)20-14-16-6-2-7-17-14/h2-3,6-8,12H,4-5,9-10H2,1H3. The first-order valence-electron chi connectivity index (χ1n) is 6.79. The molecule has 0 aromatic carbocycles. The van der Waals surface area contributed by atoms with Gasteiger partial charge in [0.15, 0.2) is 0 Å². The van der Waals surface area contributed by atoms with Crippen LogP contribution < -0.4 is 9.64 Å². The lowest BCUT2D eigenvalue weighted by Crippen LogP contribution is -2.39. The summed E-state index contributed by atoms with van der Waals surface area (Å²) in [6, 6.07) is 4.15. The minimum atomic E-state index is 0.165. The zero-order valence-corrected chi connectivity index (χ0v) is 11.4. The van der Waals surface area contributed by atoms with E-state index in [2.05, 4.69) is 24.8 Å². The molecule has 2 aromatic rings. The highest BCUT2D eigenvalue weighted by atomic mass is 16.5. The summed E-state index contributed by atoms with van der Waals surface area (Å²) in [6.45, 7) is 3.76. The van der Waals surface area contributed by atoms with Crippen molar-refractivity contribution in [3.63, 3.8) is 0 Å². The molecule has 1 fully saturated rings. The highest BCUT2D eigenvalue weighted by Crippen LogP contribution is 2.18. The normalized spacial score (nSPS) is 16.1. The van der Waals surface area contributed by atoms with E-state index in [1.165, 1.54) is 0 Å². The van der Waals surface area contributed by atoms with Gasteiger partial charge < -0.3 is 9.64 Å². The Bertz CT molecular complexity index is 555. The van der Waals surface area contributed by atoms with Gasteiger partial charge in [-0.05, 0) is 19.1 Å². The molecule has 0 N–H and O–H groups in total. The summed E-state index contributed by atoms with van der Waals surface area (Å²) in [5.41, 5.74) is 0.992. The van der Waals surface area contributed by atoms with Crippen molar-refractivity contribution < 1.29 is 4.74 Å². The summed E-state index contributed by atoms with van der Waals surface area (Å²) in [5, 5.41) is 0. The zero-order chi connectivity index (χ0) is 13.8. The van der Waals surface area contributed by atoms with Crippen molar-refractivity contribution in [2.24, 2.45) is 0 Å². The van der Waals surface area contributed by atoms with Crippen molar-refractivity contribution in [1.82, 2.24) is 19.9 Å². The van der Waals surface area contributed by atoms with Gasteiger partial charge in [-0.2, -0.15) is 0 Å². The molecule has 3 rings (SSSR count). The zero-order valence-electron chi connectivity index (χ0n) is 11.4. The minimum Gasteiger partial charge on any atom is -0.460 e. The van der Waals surface area contributed by atoms with Gasteiger partial charge in [0.05, 0.1) is 0 Å². The molecule has 0 saturated carbocycles. The maximum Gasteiger partial charge on any atom is 0.316 e. The van der Waals surface area contributed by atoms with Crippen LogP contribution >= 0.6 is 0 Å². The summed E-state index contributed by atoms with van der Waals surface area (Å²) in [7, 11) is 0. The van der Waals surface area contributed by atoms with Crippen LogP contribution in [0.2, 0.25) is 0 Å². The lowest BCUT2D eigenvalue weighted by molar-refractivity contribution is 0.156. The molecule has 0 atom stereocenters. The molecule has 0 aliphatic carbocycles. The first-order valence-corrected chi connectivity index (χ1v) is 6.79. The predicted molar refractivity (Wildman–Crippen MR) is 74.7 cm³/mol. The molecule has 104 valence electrons. The second-order valence-electron chi connectivity index (χ2n) is 4.83. The molecule has 0 bridgehead atoms. The summed E-state index contributed by atoms with van der Waals surface area (Å²) in [5.74, 6) is 0.805. The van der Waals surface area contributed by atoms with Crippen LogP contribution in [0.1, 0.15) is 18.5 Å². The van der Waals surface area contributed by atoms with E-state index < -0.39 is 0 Å². The molecule has 1 saturated heterocycles. The summed E-state index contributed by atoms with van der Waals surface area (Å²) in [6.07, 6.45) is 7.21. The monoisotopic (exact) mass is 271 g/mol. The second kappa shape index (κ2) is 5.81. The molecule has 0 unspecified atom stereocenters. The Balaban J connectivity index is 1.57. The van der Waals surface area contributed by atoms with Crippen LogP contribution in [0.25, 0.3) is 0 Å². The van der Waals surface area contributed by atoms with E-state index in [1.54, 1.807) is 24.7 Å². The Morgan fingerprint density at radius 3 is 2.55 bits per heavy atom. The smallest absolute Gasteiger partial charge is 0.316 e. The minimum absolute atomic E-state index is 0.165. The molecule has 0 amide bonds. The molecule has 0 radical (unpaired) electrons. The molecule has 1 aliphatic heterocycles. The third-order valence-electron chi connectivity index (χ3n) is 3.32. The molecule has 2 aromatic heterocycles. The quantitative estimate of drug-likeness (QED) is 0.845. The van der Waals surface area contributed by atoms with Crippen LogP contribution in [-0.4, -0.2) is 39.1 Å².